The van der Waals surface area contributed by atoms with Crippen molar-refractivity contribution in [3.05, 3.63) is 0 Å². The molecule has 0 unspecified atom stereocenters. The zero-order valence-electron chi connectivity index (χ0n) is 11.7. The average Bonchev–Trinajstić information content (AvgIpc) is 2.24. The Kier molecular flexibility index (Phi) is 4.78. The topological polar surface area (TPSA) is 66.5 Å². The third-order valence-electron chi connectivity index (χ3n) is 3.09. The van der Waals surface area contributed by atoms with Gasteiger partial charge in [-0.1, -0.05) is 20.8 Å². The van der Waals surface area contributed by atoms with Crippen LogP contribution >= 0.6 is 0 Å². The van der Waals surface area contributed by atoms with Crippen LogP contribution in [0, 0.1) is 11.3 Å². The number of piperidine rings is 1. The van der Waals surface area contributed by atoms with Crippen molar-refractivity contribution in [3.63, 3.8) is 0 Å². The summed E-state index contributed by atoms with van der Waals surface area (Å²) in [7, 11) is -3.11. The van der Waals surface area contributed by atoms with Crippen LogP contribution in [0.3, 0.4) is 0 Å². The first-order valence-electron chi connectivity index (χ1n) is 6.32. The Morgan fingerprint density at radius 3 is 2.17 bits per heavy atom. The van der Waals surface area contributed by atoms with Crippen molar-refractivity contribution in [1.29, 1.82) is 0 Å². The van der Waals surface area contributed by atoms with Gasteiger partial charge in [0.2, 0.25) is 15.9 Å². The van der Waals surface area contributed by atoms with E-state index in [0.717, 1.165) is 0 Å². The fraction of sp³-hybridized carbons (Fsp3) is 0.917. The minimum Gasteiger partial charge on any atom is -0.355 e. The highest BCUT2D eigenvalue weighted by Crippen LogP contribution is 2.20. The van der Waals surface area contributed by atoms with Gasteiger partial charge in [-0.15, -0.1) is 0 Å². The first-order chi connectivity index (χ1) is 8.09. The molecule has 1 aliphatic rings. The summed E-state index contributed by atoms with van der Waals surface area (Å²) in [5.41, 5.74) is 0.0725. The van der Waals surface area contributed by atoms with Crippen LogP contribution in [-0.2, 0) is 14.8 Å². The van der Waals surface area contributed by atoms with Gasteiger partial charge in [-0.2, -0.15) is 0 Å². The number of sulfonamides is 1. The Labute approximate surface area is 110 Å². The minimum atomic E-state index is -3.11. The van der Waals surface area contributed by atoms with Gasteiger partial charge in [0.1, 0.15) is 0 Å². The van der Waals surface area contributed by atoms with Gasteiger partial charge in [0.05, 0.1) is 6.26 Å². The molecule has 0 spiro atoms. The molecule has 1 aliphatic heterocycles. The molecule has 1 rings (SSSR count). The van der Waals surface area contributed by atoms with Crippen LogP contribution in [0.5, 0.6) is 0 Å². The summed E-state index contributed by atoms with van der Waals surface area (Å²) in [5.74, 6) is 0.00317. The molecule has 0 saturated carbocycles. The molecule has 0 radical (unpaired) electrons. The Balaban J connectivity index is 2.41. The fourth-order valence-electron chi connectivity index (χ4n) is 1.95. The summed E-state index contributed by atoms with van der Waals surface area (Å²) in [6.07, 6.45) is 2.44. The lowest BCUT2D eigenvalue weighted by Gasteiger charge is -2.30. The maximum atomic E-state index is 11.9. The van der Waals surface area contributed by atoms with Crippen molar-refractivity contribution in [2.45, 2.75) is 33.6 Å². The zero-order chi connectivity index (χ0) is 14.0. The Bertz CT molecular complexity index is 390. The van der Waals surface area contributed by atoms with Crippen LogP contribution in [0.4, 0.5) is 0 Å². The van der Waals surface area contributed by atoms with Crippen molar-refractivity contribution in [2.75, 3.05) is 25.9 Å². The molecule has 6 heteroatoms. The highest BCUT2D eigenvalue weighted by molar-refractivity contribution is 7.88. The van der Waals surface area contributed by atoms with Gasteiger partial charge in [-0.25, -0.2) is 12.7 Å². The highest BCUT2D eigenvalue weighted by atomic mass is 32.2. The summed E-state index contributed by atoms with van der Waals surface area (Å²) in [6.45, 7) is 7.76. The first kappa shape index (κ1) is 15.4. The number of hydrogen-bond donors (Lipinski definition) is 1. The van der Waals surface area contributed by atoms with Crippen LogP contribution < -0.4 is 5.32 Å². The van der Waals surface area contributed by atoms with E-state index in [1.807, 2.05) is 0 Å². The number of carbonyl (C=O) groups is 1. The van der Waals surface area contributed by atoms with Crippen LogP contribution in [-0.4, -0.2) is 44.5 Å². The molecule has 1 fully saturated rings. The van der Waals surface area contributed by atoms with Crippen molar-refractivity contribution >= 4 is 15.9 Å². The molecule has 106 valence electrons. The molecule has 1 heterocycles. The quantitative estimate of drug-likeness (QED) is 0.830. The third kappa shape index (κ3) is 4.94. The van der Waals surface area contributed by atoms with Gasteiger partial charge in [0.15, 0.2) is 0 Å². The minimum absolute atomic E-state index is 0.0506. The largest absolute Gasteiger partial charge is 0.355 e. The van der Waals surface area contributed by atoms with E-state index >= 15 is 0 Å². The van der Waals surface area contributed by atoms with Crippen molar-refractivity contribution in [3.8, 4) is 0 Å². The fourth-order valence-corrected chi connectivity index (χ4v) is 2.82. The molecule has 5 nitrogen and oxygen atoms in total. The van der Waals surface area contributed by atoms with E-state index in [0.29, 0.717) is 32.5 Å². The number of hydrogen-bond acceptors (Lipinski definition) is 3. The van der Waals surface area contributed by atoms with Crippen LogP contribution in [0.2, 0.25) is 0 Å². The second-order valence-electron chi connectivity index (χ2n) is 6.21. The van der Waals surface area contributed by atoms with E-state index in [-0.39, 0.29) is 17.2 Å². The second-order valence-corrected chi connectivity index (χ2v) is 8.20. The van der Waals surface area contributed by atoms with Gasteiger partial charge < -0.3 is 5.32 Å². The third-order valence-corrected chi connectivity index (χ3v) is 4.39. The summed E-state index contributed by atoms with van der Waals surface area (Å²) in [6, 6.07) is 0. The van der Waals surface area contributed by atoms with E-state index in [2.05, 4.69) is 26.1 Å². The Morgan fingerprint density at radius 2 is 1.78 bits per heavy atom. The lowest BCUT2D eigenvalue weighted by Crippen LogP contribution is -2.44. The van der Waals surface area contributed by atoms with E-state index in [9.17, 15) is 13.2 Å². The van der Waals surface area contributed by atoms with Gasteiger partial charge in [-0.3, -0.25) is 4.79 Å². The lowest BCUT2D eigenvalue weighted by atomic mass is 9.94. The van der Waals surface area contributed by atoms with E-state index in [1.165, 1.54) is 10.6 Å². The predicted molar refractivity (Wildman–Crippen MR) is 71.6 cm³/mol. The monoisotopic (exact) mass is 276 g/mol. The summed E-state index contributed by atoms with van der Waals surface area (Å²) >= 11 is 0. The number of rotatable bonds is 3. The van der Waals surface area contributed by atoms with Gasteiger partial charge in [-0.05, 0) is 18.3 Å². The molecule has 1 saturated heterocycles. The molecule has 0 aromatic rings. The standard InChI is InChI=1S/C12H24N2O3S/c1-12(2,3)9-13-11(15)10-5-7-14(8-6-10)18(4,16)17/h10H,5-9H2,1-4H3,(H,13,15). The van der Waals surface area contributed by atoms with Gasteiger partial charge in [0.25, 0.3) is 0 Å². The van der Waals surface area contributed by atoms with Crippen LogP contribution in [0.25, 0.3) is 0 Å². The van der Waals surface area contributed by atoms with E-state index in [4.69, 9.17) is 0 Å². The maximum absolute atomic E-state index is 11.9. The van der Waals surface area contributed by atoms with Crippen molar-refractivity contribution in [1.82, 2.24) is 9.62 Å². The molecule has 0 aliphatic carbocycles. The predicted octanol–water partition coefficient (Wildman–Crippen LogP) is 0.820. The molecule has 18 heavy (non-hydrogen) atoms. The smallest absolute Gasteiger partial charge is 0.223 e. The Hall–Kier alpha value is -0.620. The molecular weight excluding hydrogens is 252 g/mol. The number of nitrogens with zero attached hydrogens (tertiary/aromatic N) is 1. The van der Waals surface area contributed by atoms with Gasteiger partial charge >= 0.3 is 0 Å². The summed E-state index contributed by atoms with van der Waals surface area (Å²) in [5, 5.41) is 2.94. The number of carbonyl (C=O) groups excluding carboxylic acids is 1. The average molecular weight is 276 g/mol. The number of nitrogens with one attached hydrogen (secondary N) is 1. The van der Waals surface area contributed by atoms with Crippen LogP contribution in [0.1, 0.15) is 33.6 Å². The maximum Gasteiger partial charge on any atom is 0.223 e. The SMILES string of the molecule is CC(C)(C)CNC(=O)C1CCN(S(C)(=O)=O)CC1. The lowest BCUT2D eigenvalue weighted by molar-refractivity contribution is -0.126. The Morgan fingerprint density at radius 1 is 1.28 bits per heavy atom. The van der Waals surface area contributed by atoms with Crippen molar-refractivity contribution < 1.29 is 13.2 Å². The molecule has 0 atom stereocenters. The molecule has 0 aromatic heterocycles. The normalized spacial score (nSPS) is 19.8. The molecule has 1 amide bonds. The summed E-state index contributed by atoms with van der Waals surface area (Å²) < 4.78 is 24.1. The highest BCUT2D eigenvalue weighted by Gasteiger charge is 2.29. The van der Waals surface area contributed by atoms with Crippen molar-refractivity contribution in [2.24, 2.45) is 11.3 Å². The molecule has 1 N–H and O–H groups in total. The van der Waals surface area contributed by atoms with E-state index < -0.39 is 10.0 Å². The number of amides is 1. The zero-order valence-corrected chi connectivity index (χ0v) is 12.5. The molecular formula is C12H24N2O3S. The second kappa shape index (κ2) is 5.57. The first-order valence-corrected chi connectivity index (χ1v) is 8.17. The molecule has 0 bridgehead atoms. The van der Waals surface area contributed by atoms with Crippen LogP contribution in [0.15, 0.2) is 0 Å². The molecule has 0 aromatic carbocycles. The summed E-state index contributed by atoms with van der Waals surface area (Å²) in [4.78, 5) is 11.9. The van der Waals surface area contributed by atoms with Gasteiger partial charge in [0, 0.05) is 25.6 Å². The van der Waals surface area contributed by atoms with E-state index in [1.54, 1.807) is 0 Å².